The van der Waals surface area contributed by atoms with Gasteiger partial charge in [0.25, 0.3) is 0 Å². The van der Waals surface area contributed by atoms with E-state index in [0.29, 0.717) is 5.82 Å². The molecule has 0 spiro atoms. The number of H-pyrrole nitrogens is 1. The lowest BCUT2D eigenvalue weighted by atomic mass is 9.82. The summed E-state index contributed by atoms with van der Waals surface area (Å²) in [6, 6.07) is 5.82. The number of rotatable bonds is 4. The summed E-state index contributed by atoms with van der Waals surface area (Å²) in [5.41, 5.74) is 1.25. The van der Waals surface area contributed by atoms with Gasteiger partial charge in [-0.25, -0.2) is 14.2 Å². The fourth-order valence-corrected chi connectivity index (χ4v) is 4.05. The van der Waals surface area contributed by atoms with E-state index in [2.05, 4.69) is 9.97 Å². The van der Waals surface area contributed by atoms with E-state index in [-0.39, 0.29) is 23.3 Å². The van der Waals surface area contributed by atoms with E-state index in [1.807, 2.05) is 20.8 Å². The number of carbonyl (C=O) groups is 1. The van der Waals surface area contributed by atoms with E-state index in [9.17, 15) is 14.3 Å². The van der Waals surface area contributed by atoms with Crippen LogP contribution in [0.1, 0.15) is 64.7 Å². The Balaban J connectivity index is 1.97. The lowest BCUT2D eigenvalue weighted by Crippen LogP contribution is -2.47. The van der Waals surface area contributed by atoms with Gasteiger partial charge in [0.05, 0.1) is 17.9 Å². The van der Waals surface area contributed by atoms with E-state index < -0.39 is 6.09 Å². The van der Waals surface area contributed by atoms with Gasteiger partial charge in [0, 0.05) is 6.04 Å². The molecule has 1 aromatic heterocycles. The molecule has 1 aliphatic rings. The first-order valence-electron chi connectivity index (χ1n) is 9.59. The number of carboxylic acid groups (broad SMARTS) is 1. The molecule has 1 saturated carbocycles. The average molecular weight is 373 g/mol. The van der Waals surface area contributed by atoms with Crippen molar-refractivity contribution >= 4 is 6.09 Å². The van der Waals surface area contributed by atoms with Crippen LogP contribution in [0, 0.1) is 11.2 Å². The predicted molar refractivity (Wildman–Crippen MR) is 103 cm³/mol. The van der Waals surface area contributed by atoms with Gasteiger partial charge in [-0.3, -0.25) is 4.90 Å². The molecule has 1 aliphatic carbocycles. The van der Waals surface area contributed by atoms with Crippen LogP contribution in [0.2, 0.25) is 0 Å². The van der Waals surface area contributed by atoms with E-state index >= 15 is 0 Å². The van der Waals surface area contributed by atoms with Gasteiger partial charge in [0.1, 0.15) is 11.6 Å². The standard InChI is InChI=1S/C21H28FN3O2/c1-21(2,3)18(25(20(26)27)16-7-5-4-6-8-16)19-23-13-17(24-19)14-9-11-15(22)12-10-14/h9-13,16,18H,4-8H2,1-3H3,(H,23,24)(H,26,27)/t18-/m1/s1. The Morgan fingerprint density at radius 1 is 1.22 bits per heavy atom. The third-order valence-corrected chi connectivity index (χ3v) is 5.30. The van der Waals surface area contributed by atoms with Crippen molar-refractivity contribution in [3.05, 3.63) is 42.1 Å². The number of amides is 1. The Hall–Kier alpha value is -2.37. The zero-order valence-electron chi connectivity index (χ0n) is 16.2. The van der Waals surface area contributed by atoms with E-state index in [1.54, 1.807) is 23.2 Å². The minimum absolute atomic E-state index is 0.0137. The first-order valence-corrected chi connectivity index (χ1v) is 9.59. The summed E-state index contributed by atoms with van der Waals surface area (Å²) in [4.78, 5) is 21.6. The summed E-state index contributed by atoms with van der Waals surface area (Å²) in [5, 5.41) is 10.0. The smallest absolute Gasteiger partial charge is 0.408 e. The number of nitrogens with one attached hydrogen (secondary N) is 1. The van der Waals surface area contributed by atoms with Crippen molar-refractivity contribution in [3.8, 4) is 11.3 Å². The zero-order valence-corrected chi connectivity index (χ0v) is 16.2. The molecule has 3 rings (SSSR count). The monoisotopic (exact) mass is 373 g/mol. The van der Waals surface area contributed by atoms with E-state index in [4.69, 9.17) is 0 Å². The Morgan fingerprint density at radius 2 is 1.85 bits per heavy atom. The molecule has 2 aromatic rings. The number of aromatic nitrogens is 2. The highest BCUT2D eigenvalue weighted by molar-refractivity contribution is 5.66. The summed E-state index contributed by atoms with van der Waals surface area (Å²) >= 11 is 0. The van der Waals surface area contributed by atoms with Crippen molar-refractivity contribution in [2.45, 2.75) is 65.0 Å². The molecular weight excluding hydrogens is 345 g/mol. The molecular formula is C21H28FN3O2. The molecule has 0 bridgehead atoms. The van der Waals surface area contributed by atoms with Crippen LogP contribution in [0.4, 0.5) is 9.18 Å². The molecule has 1 atom stereocenters. The Labute approximate surface area is 159 Å². The van der Waals surface area contributed by atoms with Crippen LogP contribution >= 0.6 is 0 Å². The predicted octanol–water partition coefficient (Wildman–Crippen LogP) is 5.62. The number of halogens is 1. The Morgan fingerprint density at radius 3 is 2.41 bits per heavy atom. The fourth-order valence-electron chi connectivity index (χ4n) is 4.05. The van der Waals surface area contributed by atoms with Gasteiger partial charge in [0.2, 0.25) is 0 Å². The van der Waals surface area contributed by atoms with Crippen LogP contribution in [0.25, 0.3) is 11.3 Å². The third-order valence-electron chi connectivity index (χ3n) is 5.30. The first-order chi connectivity index (χ1) is 12.8. The fraction of sp³-hybridized carbons (Fsp3) is 0.524. The highest BCUT2D eigenvalue weighted by atomic mass is 19.1. The molecule has 27 heavy (non-hydrogen) atoms. The van der Waals surface area contributed by atoms with Crippen molar-refractivity contribution in [1.29, 1.82) is 0 Å². The van der Waals surface area contributed by atoms with E-state index in [0.717, 1.165) is 36.9 Å². The summed E-state index contributed by atoms with van der Waals surface area (Å²) in [6.45, 7) is 6.11. The molecule has 5 nitrogen and oxygen atoms in total. The zero-order chi connectivity index (χ0) is 19.6. The van der Waals surface area contributed by atoms with Crippen LogP contribution in [0.15, 0.2) is 30.5 Å². The number of aromatic amines is 1. The van der Waals surface area contributed by atoms with Gasteiger partial charge >= 0.3 is 6.09 Å². The molecule has 1 heterocycles. The number of benzene rings is 1. The van der Waals surface area contributed by atoms with Crippen molar-refractivity contribution in [2.75, 3.05) is 0 Å². The topological polar surface area (TPSA) is 69.2 Å². The van der Waals surface area contributed by atoms with Crippen LogP contribution in [0.3, 0.4) is 0 Å². The minimum Gasteiger partial charge on any atom is -0.465 e. The van der Waals surface area contributed by atoms with Gasteiger partial charge in [-0.2, -0.15) is 0 Å². The number of imidazole rings is 1. The highest BCUT2D eigenvalue weighted by Crippen LogP contribution is 2.41. The second-order valence-corrected chi connectivity index (χ2v) is 8.44. The maximum Gasteiger partial charge on any atom is 0.408 e. The van der Waals surface area contributed by atoms with Gasteiger partial charge in [-0.1, -0.05) is 40.0 Å². The van der Waals surface area contributed by atoms with Crippen molar-refractivity contribution in [3.63, 3.8) is 0 Å². The number of nitrogens with zero attached hydrogens (tertiary/aromatic N) is 2. The highest BCUT2D eigenvalue weighted by Gasteiger charge is 2.40. The molecule has 6 heteroatoms. The van der Waals surface area contributed by atoms with Crippen molar-refractivity contribution in [1.82, 2.24) is 14.9 Å². The quantitative estimate of drug-likeness (QED) is 0.731. The molecule has 146 valence electrons. The van der Waals surface area contributed by atoms with Gasteiger partial charge < -0.3 is 10.1 Å². The van der Waals surface area contributed by atoms with Crippen LogP contribution in [-0.2, 0) is 0 Å². The van der Waals surface area contributed by atoms with E-state index in [1.165, 1.54) is 18.6 Å². The van der Waals surface area contributed by atoms with Crippen LogP contribution < -0.4 is 0 Å². The minimum atomic E-state index is -0.901. The molecule has 2 N–H and O–H groups in total. The second kappa shape index (κ2) is 7.71. The Bertz CT molecular complexity index is 773. The average Bonchev–Trinajstić information content (AvgIpc) is 3.08. The van der Waals surface area contributed by atoms with Crippen LogP contribution in [-0.4, -0.2) is 32.1 Å². The second-order valence-electron chi connectivity index (χ2n) is 8.44. The number of hydrogen-bond acceptors (Lipinski definition) is 2. The molecule has 0 radical (unpaired) electrons. The lowest BCUT2D eigenvalue weighted by molar-refractivity contribution is 0.0383. The molecule has 0 aliphatic heterocycles. The molecule has 1 amide bonds. The molecule has 1 aromatic carbocycles. The summed E-state index contributed by atoms with van der Waals surface area (Å²) in [7, 11) is 0. The maximum absolute atomic E-state index is 13.2. The lowest BCUT2D eigenvalue weighted by Gasteiger charge is -2.43. The molecule has 0 saturated heterocycles. The largest absolute Gasteiger partial charge is 0.465 e. The van der Waals surface area contributed by atoms with Crippen molar-refractivity contribution < 1.29 is 14.3 Å². The summed E-state index contributed by atoms with van der Waals surface area (Å²) in [6.07, 6.45) is 5.87. The number of hydrogen-bond donors (Lipinski definition) is 2. The first kappa shape index (κ1) is 19.4. The molecule has 1 fully saturated rings. The third kappa shape index (κ3) is 4.31. The SMILES string of the molecule is CC(C)(C)[C@@H](c1ncc(-c2ccc(F)cc2)[nH]1)N(C(=O)O)C1CCCCC1. The Kier molecular flexibility index (Phi) is 5.53. The normalized spacial score (nSPS) is 16.9. The van der Waals surface area contributed by atoms with Crippen LogP contribution in [0.5, 0.6) is 0 Å². The van der Waals surface area contributed by atoms with Crippen molar-refractivity contribution in [2.24, 2.45) is 5.41 Å². The summed E-state index contributed by atoms with van der Waals surface area (Å²) < 4.78 is 13.2. The molecule has 0 unspecified atom stereocenters. The van der Waals surface area contributed by atoms with Gasteiger partial charge in [-0.15, -0.1) is 0 Å². The maximum atomic E-state index is 13.2. The van der Waals surface area contributed by atoms with Gasteiger partial charge in [-0.05, 0) is 48.1 Å². The summed E-state index contributed by atoms with van der Waals surface area (Å²) in [5.74, 6) is 0.343. The van der Waals surface area contributed by atoms with Gasteiger partial charge in [0.15, 0.2) is 0 Å².